The lowest BCUT2D eigenvalue weighted by molar-refractivity contribution is -0.119. The first-order chi connectivity index (χ1) is 11.7. The highest BCUT2D eigenvalue weighted by Crippen LogP contribution is 2.26. The minimum absolute atomic E-state index is 0.0877. The van der Waals surface area contributed by atoms with Gasteiger partial charge in [0.1, 0.15) is 0 Å². The summed E-state index contributed by atoms with van der Waals surface area (Å²) in [5.41, 5.74) is 3.31. The minimum Gasteiger partial charge on any atom is -0.290 e. The van der Waals surface area contributed by atoms with Crippen LogP contribution in [0.3, 0.4) is 0 Å². The second-order valence-electron chi connectivity index (χ2n) is 6.40. The molecule has 0 saturated heterocycles. The number of nitrogens with zero attached hydrogens (tertiary/aromatic N) is 2. The fourth-order valence-corrected chi connectivity index (χ4v) is 2.64. The molecule has 7 heteroatoms. The summed E-state index contributed by atoms with van der Waals surface area (Å²) in [6, 6.07) is 14.0. The van der Waals surface area contributed by atoms with Crippen molar-refractivity contribution in [3.05, 3.63) is 58.6 Å². The van der Waals surface area contributed by atoms with Crippen LogP contribution in [0.4, 0.5) is 11.4 Å². The van der Waals surface area contributed by atoms with Gasteiger partial charge in [-0.3, -0.25) is 10.2 Å². The molecule has 0 unspecified atom stereocenters. The fraction of sp³-hybridized carbons (Fsp3) is 0.222. The van der Waals surface area contributed by atoms with Crippen molar-refractivity contribution in [2.45, 2.75) is 20.8 Å². The quantitative estimate of drug-likeness (QED) is 0.306. The van der Waals surface area contributed by atoms with Crippen LogP contribution in [0.25, 0.3) is 0 Å². The summed E-state index contributed by atoms with van der Waals surface area (Å²) in [6.45, 7) is 5.41. The lowest BCUT2D eigenvalue weighted by Gasteiger charge is -2.23. The Morgan fingerprint density at radius 1 is 1.04 bits per heavy atom. The van der Waals surface area contributed by atoms with Crippen molar-refractivity contribution in [2.75, 3.05) is 4.53 Å². The van der Waals surface area contributed by atoms with Gasteiger partial charge < -0.3 is 0 Å². The molecule has 1 N–H and O–H groups in total. The van der Waals surface area contributed by atoms with Crippen LogP contribution in [0.2, 0.25) is 10.0 Å². The summed E-state index contributed by atoms with van der Waals surface area (Å²) >= 11 is 18.3. The molecule has 2 aromatic rings. The third-order valence-corrected chi connectivity index (χ3v) is 3.89. The van der Waals surface area contributed by atoms with Crippen LogP contribution in [0.15, 0.2) is 53.5 Å². The second kappa shape index (κ2) is 8.09. The molecular weight excluding hydrogens is 381 g/mol. The lowest BCUT2D eigenvalue weighted by Crippen LogP contribution is -2.44. The number of benzene rings is 2. The smallest absolute Gasteiger partial charge is 0.204 e. The molecule has 0 atom stereocenters. The van der Waals surface area contributed by atoms with E-state index in [1.807, 2.05) is 18.2 Å². The van der Waals surface area contributed by atoms with Gasteiger partial charge in [-0.15, -0.1) is 0 Å². The van der Waals surface area contributed by atoms with Gasteiger partial charge in [0.25, 0.3) is 0 Å². The molecule has 0 aliphatic heterocycles. The predicted octanol–water partition coefficient (Wildman–Crippen LogP) is 5.80. The molecule has 0 amide bonds. The maximum absolute atomic E-state index is 12.8. The predicted molar refractivity (Wildman–Crippen MR) is 106 cm³/mol. The van der Waals surface area contributed by atoms with E-state index in [1.54, 1.807) is 51.1 Å². The number of nitrogens with one attached hydrogen (secondary N) is 1. The number of hydrogen-bond donors (Lipinski definition) is 1. The first-order valence-electron chi connectivity index (χ1n) is 7.54. The van der Waals surface area contributed by atoms with E-state index in [2.05, 4.69) is 10.4 Å². The number of rotatable bonds is 4. The van der Waals surface area contributed by atoms with Gasteiger partial charge in [0.2, 0.25) is 5.78 Å². The van der Waals surface area contributed by atoms with Crippen LogP contribution >= 0.6 is 35.0 Å². The summed E-state index contributed by atoms with van der Waals surface area (Å²) in [5, 5.41) is 0.860. The number of carbonyl (C=O) groups is 1. The Morgan fingerprint density at radius 3 is 2.12 bits per heavy atom. The molecule has 2 aromatic carbocycles. The highest BCUT2D eigenvalue weighted by molar-refractivity contribution is 6.42. The summed E-state index contributed by atoms with van der Waals surface area (Å²) in [5.74, 6) is -0.116. The van der Waals surface area contributed by atoms with Gasteiger partial charge in [-0.25, -0.2) is 4.99 Å². The van der Waals surface area contributed by atoms with Gasteiger partial charge in [-0.05, 0) is 30.3 Å². The van der Waals surface area contributed by atoms with E-state index in [9.17, 15) is 4.79 Å². The minimum atomic E-state index is -0.650. The topological polar surface area (TPSA) is 44.7 Å². The van der Waals surface area contributed by atoms with Crippen LogP contribution < -0.4 is 9.95 Å². The number of ketones is 1. The van der Waals surface area contributed by atoms with E-state index in [1.165, 1.54) is 4.53 Å². The average molecular weight is 399 g/mol. The third kappa shape index (κ3) is 5.63. The van der Waals surface area contributed by atoms with E-state index in [4.69, 9.17) is 35.0 Å². The van der Waals surface area contributed by atoms with Crippen molar-refractivity contribution < 1.29 is 4.79 Å². The number of carbonyl (C=O) groups excluding carboxylic acids is 1. The van der Waals surface area contributed by atoms with Gasteiger partial charge in [-0.1, -0.05) is 62.2 Å². The molecule has 25 heavy (non-hydrogen) atoms. The maximum Gasteiger partial charge on any atom is 0.204 e. The van der Waals surface area contributed by atoms with Gasteiger partial charge in [0.15, 0.2) is 5.84 Å². The van der Waals surface area contributed by atoms with E-state index in [0.29, 0.717) is 21.4 Å². The molecule has 0 saturated carbocycles. The number of anilines is 1. The zero-order valence-electron chi connectivity index (χ0n) is 14.1. The van der Waals surface area contributed by atoms with Crippen molar-refractivity contribution in [3.8, 4) is 0 Å². The Balaban J connectivity index is 2.39. The Labute approximate surface area is 162 Å². The van der Waals surface area contributed by atoms with Crippen molar-refractivity contribution in [1.82, 2.24) is 5.43 Å². The summed E-state index contributed by atoms with van der Waals surface area (Å²) in [7, 11) is 0. The summed E-state index contributed by atoms with van der Waals surface area (Å²) in [4.78, 5) is 17.1. The highest BCUT2D eigenvalue weighted by Gasteiger charge is 2.28. The second-order valence-corrected chi connectivity index (χ2v) is 7.61. The molecule has 132 valence electrons. The zero-order chi connectivity index (χ0) is 18.6. The van der Waals surface area contributed by atoms with Gasteiger partial charge in [0.05, 0.1) is 11.4 Å². The Bertz CT molecular complexity index is 766. The van der Waals surface area contributed by atoms with Crippen LogP contribution in [0.1, 0.15) is 20.8 Å². The molecule has 4 nitrogen and oxygen atoms in total. The summed E-state index contributed by atoms with van der Waals surface area (Å²) in [6.07, 6.45) is 0. The molecule has 0 bridgehead atoms. The molecule has 0 spiro atoms. The van der Waals surface area contributed by atoms with E-state index < -0.39 is 5.41 Å². The first kappa shape index (κ1) is 19.6. The number of amidine groups is 1. The van der Waals surface area contributed by atoms with Crippen molar-refractivity contribution in [2.24, 2.45) is 10.4 Å². The Kier molecular flexibility index (Phi) is 6.33. The average Bonchev–Trinajstić information content (AvgIpc) is 2.52. The zero-order valence-corrected chi connectivity index (χ0v) is 16.3. The normalized spacial score (nSPS) is 12.0. The largest absolute Gasteiger partial charge is 0.290 e. The number of Topliss-reactive ketones (excluding diaryl/α,β-unsaturated/α-hetero) is 1. The van der Waals surface area contributed by atoms with Gasteiger partial charge >= 0.3 is 0 Å². The highest BCUT2D eigenvalue weighted by atomic mass is 35.5. The van der Waals surface area contributed by atoms with E-state index in [-0.39, 0.29) is 11.6 Å². The van der Waals surface area contributed by atoms with Crippen molar-refractivity contribution >= 4 is 58.0 Å². The van der Waals surface area contributed by atoms with Crippen molar-refractivity contribution in [3.63, 3.8) is 0 Å². The number of para-hydroxylation sites is 1. The molecular formula is C18H18Cl3N3O. The van der Waals surface area contributed by atoms with Crippen LogP contribution in [-0.4, -0.2) is 11.6 Å². The standard InChI is InChI=1S/C18H18Cl3N3O/c1-18(2,3)16(25)17(22-14-10-12(19)9-13(20)11-14)23-24(21)15-7-5-4-6-8-15/h4-11H,1-3H3,(H,22,23). The van der Waals surface area contributed by atoms with Gasteiger partial charge in [-0.2, -0.15) is 4.53 Å². The molecule has 0 aliphatic carbocycles. The SMILES string of the molecule is CC(C)(C)C(=O)C(=Nc1cc(Cl)cc(Cl)c1)NN(Cl)c1ccccc1. The number of hydrogen-bond acceptors (Lipinski definition) is 3. The van der Waals surface area contributed by atoms with Crippen LogP contribution in [-0.2, 0) is 4.79 Å². The number of hydrazine groups is 1. The van der Waals surface area contributed by atoms with Crippen molar-refractivity contribution in [1.29, 1.82) is 0 Å². The molecule has 0 heterocycles. The van der Waals surface area contributed by atoms with Crippen LogP contribution in [0, 0.1) is 5.41 Å². The molecule has 0 fully saturated rings. The van der Waals surface area contributed by atoms with E-state index in [0.717, 1.165) is 0 Å². The lowest BCUT2D eigenvalue weighted by atomic mass is 9.90. The molecule has 0 radical (unpaired) electrons. The monoisotopic (exact) mass is 397 g/mol. The van der Waals surface area contributed by atoms with Gasteiger partial charge in [0, 0.05) is 27.2 Å². The Hall–Kier alpha value is -1.75. The third-order valence-electron chi connectivity index (χ3n) is 3.17. The Morgan fingerprint density at radius 2 is 1.60 bits per heavy atom. The number of halogens is 3. The van der Waals surface area contributed by atoms with Crippen LogP contribution in [0.5, 0.6) is 0 Å². The molecule has 0 aliphatic rings. The fourth-order valence-electron chi connectivity index (χ4n) is 1.93. The molecule has 2 rings (SSSR count). The van der Waals surface area contributed by atoms with E-state index >= 15 is 0 Å². The number of aliphatic imine (C=N–C) groups is 1. The molecule has 0 aromatic heterocycles. The first-order valence-corrected chi connectivity index (χ1v) is 8.63. The summed E-state index contributed by atoms with van der Waals surface area (Å²) < 4.78 is 1.22. The maximum atomic E-state index is 12.8.